The van der Waals surface area contributed by atoms with Crippen LogP contribution in [0, 0.1) is 0 Å². The smallest absolute Gasteiger partial charge is 0.322 e. The lowest BCUT2D eigenvalue weighted by Gasteiger charge is -2.42. The van der Waals surface area contributed by atoms with E-state index in [-0.39, 0.29) is 6.03 Å². The summed E-state index contributed by atoms with van der Waals surface area (Å²) in [5.74, 6) is -0.0187. The van der Waals surface area contributed by atoms with Gasteiger partial charge in [-0.3, -0.25) is 0 Å². The lowest BCUT2D eigenvalue weighted by atomic mass is 10.2. The largest absolute Gasteiger partial charge is 0.497 e. The van der Waals surface area contributed by atoms with E-state index < -0.39 is 5.79 Å². The quantitative estimate of drug-likeness (QED) is 0.890. The van der Waals surface area contributed by atoms with Crippen LogP contribution in [0.3, 0.4) is 0 Å². The fraction of sp³-hybridized carbons (Fsp3) is 0.588. The number of nitrogens with one attached hydrogen (secondary N) is 1. The summed E-state index contributed by atoms with van der Waals surface area (Å²) in [6.07, 6.45) is 0.970. The molecule has 1 aromatic rings. The number of ether oxygens (including phenoxy) is 3. The fourth-order valence-corrected chi connectivity index (χ4v) is 3.15. The van der Waals surface area contributed by atoms with Gasteiger partial charge in [-0.2, -0.15) is 0 Å². The number of urea groups is 1. The summed E-state index contributed by atoms with van der Waals surface area (Å²) in [5, 5.41) is 2.92. The molecular formula is C17H25N3O4. The Balaban J connectivity index is 1.66. The Morgan fingerprint density at radius 3 is 2.92 bits per heavy atom. The van der Waals surface area contributed by atoms with Crippen LogP contribution in [-0.2, 0) is 9.47 Å². The maximum Gasteiger partial charge on any atom is 0.322 e. The molecule has 2 fully saturated rings. The Bertz CT molecular complexity index is 583. The first kappa shape index (κ1) is 17.0. The predicted molar refractivity (Wildman–Crippen MR) is 90.3 cm³/mol. The first-order chi connectivity index (χ1) is 11.6. The lowest BCUT2D eigenvalue weighted by Crippen LogP contribution is -2.59. The number of rotatable bonds is 2. The Morgan fingerprint density at radius 2 is 2.08 bits per heavy atom. The second kappa shape index (κ2) is 7.38. The van der Waals surface area contributed by atoms with Gasteiger partial charge in [-0.25, -0.2) is 4.79 Å². The minimum absolute atomic E-state index is 0.151. The molecule has 3 rings (SSSR count). The van der Waals surface area contributed by atoms with Crippen molar-refractivity contribution in [2.24, 2.45) is 0 Å². The number of hydrogen-bond acceptors (Lipinski definition) is 5. The van der Waals surface area contributed by atoms with Crippen LogP contribution in [0.25, 0.3) is 0 Å². The zero-order valence-corrected chi connectivity index (χ0v) is 14.3. The molecule has 7 heteroatoms. The SMILES string of the molecule is COc1cccc(NC(=O)N2CCOC3(CN(C)CCCO3)C2)c1. The maximum absolute atomic E-state index is 12.6. The fourth-order valence-electron chi connectivity index (χ4n) is 3.15. The number of methoxy groups -OCH3 is 1. The number of carbonyl (C=O) groups is 1. The molecule has 1 unspecified atom stereocenters. The average molecular weight is 335 g/mol. The van der Waals surface area contributed by atoms with E-state index in [0.717, 1.165) is 13.0 Å². The van der Waals surface area contributed by atoms with Crippen LogP contribution in [-0.4, -0.2) is 75.2 Å². The van der Waals surface area contributed by atoms with E-state index >= 15 is 0 Å². The molecule has 2 aliphatic rings. The Morgan fingerprint density at radius 1 is 1.25 bits per heavy atom. The van der Waals surface area contributed by atoms with Gasteiger partial charge in [-0.05, 0) is 25.6 Å². The average Bonchev–Trinajstić information content (AvgIpc) is 2.76. The van der Waals surface area contributed by atoms with Crippen molar-refractivity contribution < 1.29 is 19.0 Å². The molecule has 132 valence electrons. The van der Waals surface area contributed by atoms with Gasteiger partial charge in [0.25, 0.3) is 0 Å². The van der Waals surface area contributed by atoms with Gasteiger partial charge in [-0.1, -0.05) is 6.07 Å². The van der Waals surface area contributed by atoms with Crippen molar-refractivity contribution in [3.63, 3.8) is 0 Å². The number of likely N-dealkylation sites (N-methyl/N-ethyl adjacent to an activating group) is 1. The monoisotopic (exact) mass is 335 g/mol. The van der Waals surface area contributed by atoms with Gasteiger partial charge in [0.2, 0.25) is 0 Å². The standard InChI is InChI=1S/C17H25N3O4/c1-19-7-4-9-23-17(12-19)13-20(8-10-24-17)16(21)18-14-5-3-6-15(11-14)22-2/h3,5-6,11H,4,7-10,12-13H2,1-2H3,(H,18,21). The summed E-state index contributed by atoms with van der Waals surface area (Å²) < 4.78 is 17.1. The summed E-state index contributed by atoms with van der Waals surface area (Å²) in [6, 6.07) is 7.17. The summed E-state index contributed by atoms with van der Waals surface area (Å²) >= 11 is 0. The molecule has 2 heterocycles. The molecule has 1 atom stereocenters. The van der Waals surface area contributed by atoms with Gasteiger partial charge in [0.05, 0.1) is 33.4 Å². The first-order valence-corrected chi connectivity index (χ1v) is 8.27. The summed E-state index contributed by atoms with van der Waals surface area (Å²) in [4.78, 5) is 16.6. The first-order valence-electron chi connectivity index (χ1n) is 8.27. The van der Waals surface area contributed by atoms with Crippen LogP contribution >= 0.6 is 0 Å². The molecule has 24 heavy (non-hydrogen) atoms. The molecule has 7 nitrogen and oxygen atoms in total. The van der Waals surface area contributed by atoms with Crippen LogP contribution in [0.15, 0.2) is 24.3 Å². The molecule has 0 aliphatic carbocycles. The minimum Gasteiger partial charge on any atom is -0.497 e. The number of amides is 2. The van der Waals surface area contributed by atoms with Gasteiger partial charge in [0.15, 0.2) is 5.79 Å². The molecular weight excluding hydrogens is 310 g/mol. The third-order valence-electron chi connectivity index (χ3n) is 4.33. The van der Waals surface area contributed by atoms with E-state index in [1.165, 1.54) is 0 Å². The third-order valence-corrected chi connectivity index (χ3v) is 4.33. The highest BCUT2D eigenvalue weighted by atomic mass is 16.7. The van der Waals surface area contributed by atoms with Gasteiger partial charge in [0.1, 0.15) is 5.75 Å². The molecule has 0 aromatic heterocycles. The molecule has 0 bridgehead atoms. The van der Waals surface area contributed by atoms with E-state index in [1.807, 2.05) is 18.2 Å². The van der Waals surface area contributed by atoms with Crippen molar-refractivity contribution in [2.75, 3.05) is 58.9 Å². The van der Waals surface area contributed by atoms with Gasteiger partial charge >= 0.3 is 6.03 Å². The highest BCUT2D eigenvalue weighted by Gasteiger charge is 2.41. The minimum atomic E-state index is -0.727. The van der Waals surface area contributed by atoms with Crippen molar-refractivity contribution in [2.45, 2.75) is 12.2 Å². The molecule has 2 amide bonds. The van der Waals surface area contributed by atoms with Crippen LogP contribution in [0.2, 0.25) is 0 Å². The number of benzene rings is 1. The van der Waals surface area contributed by atoms with Crippen LogP contribution in [0.5, 0.6) is 5.75 Å². The molecule has 2 aliphatic heterocycles. The highest BCUT2D eigenvalue weighted by molar-refractivity contribution is 5.89. The van der Waals surface area contributed by atoms with E-state index in [9.17, 15) is 4.79 Å². The van der Waals surface area contributed by atoms with Crippen LogP contribution < -0.4 is 10.1 Å². The van der Waals surface area contributed by atoms with Crippen molar-refractivity contribution in [3.8, 4) is 5.75 Å². The van der Waals surface area contributed by atoms with E-state index in [0.29, 0.717) is 44.3 Å². The number of hydrogen-bond donors (Lipinski definition) is 1. The summed E-state index contributed by atoms with van der Waals surface area (Å²) in [7, 11) is 3.65. The second-order valence-electron chi connectivity index (χ2n) is 6.28. The van der Waals surface area contributed by atoms with Crippen molar-refractivity contribution in [3.05, 3.63) is 24.3 Å². The van der Waals surface area contributed by atoms with E-state index in [2.05, 4.69) is 17.3 Å². The van der Waals surface area contributed by atoms with Crippen LogP contribution in [0.1, 0.15) is 6.42 Å². The predicted octanol–water partition coefficient (Wildman–Crippen LogP) is 1.61. The molecule has 0 saturated carbocycles. The van der Waals surface area contributed by atoms with Crippen molar-refractivity contribution in [1.82, 2.24) is 9.80 Å². The molecule has 1 spiro atoms. The number of carbonyl (C=O) groups excluding carboxylic acids is 1. The molecule has 0 radical (unpaired) electrons. The number of nitrogens with zero attached hydrogens (tertiary/aromatic N) is 2. The molecule has 1 aromatic carbocycles. The normalized spacial score (nSPS) is 25.3. The summed E-state index contributed by atoms with van der Waals surface area (Å²) in [6.45, 7) is 3.73. The van der Waals surface area contributed by atoms with E-state index in [4.69, 9.17) is 14.2 Å². The highest BCUT2D eigenvalue weighted by Crippen LogP contribution is 2.24. The number of morpholine rings is 1. The Hall–Kier alpha value is -1.83. The topological polar surface area (TPSA) is 63.3 Å². The van der Waals surface area contributed by atoms with Crippen LogP contribution in [0.4, 0.5) is 10.5 Å². The van der Waals surface area contributed by atoms with E-state index in [1.54, 1.807) is 18.1 Å². The summed E-state index contributed by atoms with van der Waals surface area (Å²) in [5.41, 5.74) is 0.707. The van der Waals surface area contributed by atoms with Gasteiger partial charge in [0, 0.05) is 24.8 Å². The number of anilines is 1. The third kappa shape index (κ3) is 3.98. The maximum atomic E-state index is 12.6. The Kier molecular flexibility index (Phi) is 5.23. The van der Waals surface area contributed by atoms with Crippen molar-refractivity contribution >= 4 is 11.7 Å². The Labute approximate surface area is 142 Å². The van der Waals surface area contributed by atoms with Gasteiger partial charge < -0.3 is 29.3 Å². The molecule has 2 saturated heterocycles. The molecule has 1 N–H and O–H groups in total. The zero-order chi connectivity index (χ0) is 17.0. The lowest BCUT2D eigenvalue weighted by molar-refractivity contribution is -0.259. The zero-order valence-electron chi connectivity index (χ0n) is 14.3. The van der Waals surface area contributed by atoms with Crippen molar-refractivity contribution in [1.29, 1.82) is 0 Å². The van der Waals surface area contributed by atoms with Gasteiger partial charge in [-0.15, -0.1) is 0 Å². The second-order valence-corrected chi connectivity index (χ2v) is 6.28.